The standard InChI is InChI=1S/C23H22N4O2/c28-22-13-18-14-27(11-10-20(18)25-26-22)23(29)24-21-9-8-16-6-7-17(12-19(16)21)15-4-2-1-3-5-15/h1-7,12-13,21H,8-11,14H2,(H,24,29)(H,26,28). The minimum absolute atomic E-state index is 0.0138. The van der Waals surface area contributed by atoms with Crippen LogP contribution in [0.4, 0.5) is 4.79 Å². The van der Waals surface area contributed by atoms with Crippen LogP contribution in [0.1, 0.15) is 34.8 Å². The molecular weight excluding hydrogens is 364 g/mol. The van der Waals surface area contributed by atoms with Gasteiger partial charge in [0, 0.05) is 31.1 Å². The maximum Gasteiger partial charge on any atom is 0.318 e. The Bertz CT molecular complexity index is 1120. The number of hydrogen-bond acceptors (Lipinski definition) is 3. The fourth-order valence-electron chi connectivity index (χ4n) is 4.32. The molecule has 2 amide bonds. The third kappa shape index (κ3) is 3.42. The van der Waals surface area contributed by atoms with E-state index in [9.17, 15) is 9.59 Å². The summed E-state index contributed by atoms with van der Waals surface area (Å²) < 4.78 is 0. The van der Waals surface area contributed by atoms with Gasteiger partial charge < -0.3 is 10.2 Å². The van der Waals surface area contributed by atoms with Crippen molar-refractivity contribution in [2.24, 2.45) is 0 Å². The Balaban J connectivity index is 1.34. The normalized spacial score (nSPS) is 17.5. The number of benzene rings is 2. The van der Waals surface area contributed by atoms with Crippen molar-refractivity contribution in [3.8, 4) is 11.1 Å². The van der Waals surface area contributed by atoms with Crippen LogP contribution in [0, 0.1) is 0 Å². The Morgan fingerprint density at radius 2 is 1.90 bits per heavy atom. The van der Waals surface area contributed by atoms with Gasteiger partial charge in [-0.1, -0.05) is 42.5 Å². The lowest BCUT2D eigenvalue weighted by Crippen LogP contribution is -2.44. The predicted octanol–water partition coefficient (Wildman–Crippen LogP) is 3.19. The first-order valence-electron chi connectivity index (χ1n) is 9.98. The average Bonchev–Trinajstić information content (AvgIpc) is 3.15. The summed E-state index contributed by atoms with van der Waals surface area (Å²) in [7, 11) is 0. The molecule has 29 heavy (non-hydrogen) atoms. The molecule has 0 fully saturated rings. The predicted molar refractivity (Wildman–Crippen MR) is 110 cm³/mol. The molecule has 2 aromatic carbocycles. The zero-order valence-corrected chi connectivity index (χ0v) is 16.0. The number of carbonyl (C=O) groups is 1. The van der Waals surface area contributed by atoms with Crippen molar-refractivity contribution >= 4 is 6.03 Å². The highest BCUT2D eigenvalue weighted by atomic mass is 16.2. The van der Waals surface area contributed by atoms with Crippen LogP contribution in [0.2, 0.25) is 0 Å². The summed E-state index contributed by atoms with van der Waals surface area (Å²) in [5.74, 6) is 0. The Kier molecular flexibility index (Phi) is 4.39. The van der Waals surface area contributed by atoms with Gasteiger partial charge in [0.25, 0.3) is 5.56 Å². The Morgan fingerprint density at radius 1 is 1.03 bits per heavy atom. The fraction of sp³-hybridized carbons (Fsp3) is 0.261. The van der Waals surface area contributed by atoms with Crippen LogP contribution in [0.15, 0.2) is 59.4 Å². The van der Waals surface area contributed by atoms with Crippen LogP contribution < -0.4 is 10.9 Å². The van der Waals surface area contributed by atoms with Gasteiger partial charge in [-0.25, -0.2) is 9.89 Å². The van der Waals surface area contributed by atoms with Crippen LogP contribution in [0.5, 0.6) is 0 Å². The lowest BCUT2D eigenvalue weighted by Gasteiger charge is -2.29. The van der Waals surface area contributed by atoms with Gasteiger partial charge in [0.1, 0.15) is 0 Å². The van der Waals surface area contributed by atoms with Crippen molar-refractivity contribution in [2.75, 3.05) is 6.54 Å². The van der Waals surface area contributed by atoms with Gasteiger partial charge >= 0.3 is 6.03 Å². The number of aromatic nitrogens is 2. The van der Waals surface area contributed by atoms with Gasteiger partial charge in [-0.05, 0) is 41.2 Å². The van der Waals surface area contributed by atoms with Gasteiger partial charge in [-0.3, -0.25) is 4.79 Å². The molecule has 3 aromatic rings. The van der Waals surface area contributed by atoms with Gasteiger partial charge in [0.05, 0.1) is 11.7 Å². The minimum atomic E-state index is -0.232. The van der Waals surface area contributed by atoms with E-state index in [2.05, 4.69) is 45.8 Å². The molecule has 2 heterocycles. The first-order valence-corrected chi connectivity index (χ1v) is 9.98. The van der Waals surface area contributed by atoms with E-state index >= 15 is 0 Å². The molecule has 1 aliphatic carbocycles. The van der Waals surface area contributed by atoms with E-state index in [1.807, 2.05) is 18.2 Å². The quantitative estimate of drug-likeness (QED) is 0.710. The number of nitrogens with one attached hydrogen (secondary N) is 2. The van der Waals surface area contributed by atoms with Crippen molar-refractivity contribution in [1.82, 2.24) is 20.4 Å². The maximum atomic E-state index is 12.9. The highest BCUT2D eigenvalue weighted by Crippen LogP contribution is 2.34. The van der Waals surface area contributed by atoms with Gasteiger partial charge in [0.15, 0.2) is 0 Å². The monoisotopic (exact) mass is 386 g/mol. The molecule has 1 unspecified atom stereocenters. The largest absolute Gasteiger partial charge is 0.331 e. The summed E-state index contributed by atoms with van der Waals surface area (Å²) in [6.07, 6.45) is 2.53. The number of fused-ring (bicyclic) bond motifs is 2. The molecule has 5 rings (SSSR count). The Labute approximate surface area is 168 Å². The molecule has 1 aliphatic heterocycles. The van der Waals surface area contributed by atoms with Gasteiger partial charge in [-0.2, -0.15) is 5.10 Å². The molecule has 1 aromatic heterocycles. The van der Waals surface area contributed by atoms with E-state index in [0.717, 1.165) is 24.1 Å². The van der Waals surface area contributed by atoms with Crippen molar-refractivity contribution in [3.63, 3.8) is 0 Å². The number of amides is 2. The molecule has 6 nitrogen and oxygen atoms in total. The van der Waals surface area contributed by atoms with Crippen LogP contribution in [0.25, 0.3) is 11.1 Å². The Hall–Kier alpha value is -3.41. The number of aromatic amines is 1. The molecule has 6 heteroatoms. The smallest absolute Gasteiger partial charge is 0.318 e. The highest BCUT2D eigenvalue weighted by Gasteiger charge is 2.28. The second-order valence-electron chi connectivity index (χ2n) is 7.70. The first-order chi connectivity index (χ1) is 14.2. The van der Waals surface area contributed by atoms with Crippen molar-refractivity contribution < 1.29 is 4.79 Å². The molecular formula is C23H22N4O2. The van der Waals surface area contributed by atoms with E-state index < -0.39 is 0 Å². The number of hydrogen-bond donors (Lipinski definition) is 2. The number of carbonyl (C=O) groups excluding carboxylic acids is 1. The number of urea groups is 1. The summed E-state index contributed by atoms with van der Waals surface area (Å²) in [5, 5.41) is 9.77. The van der Waals surface area contributed by atoms with E-state index in [1.54, 1.807) is 11.0 Å². The van der Waals surface area contributed by atoms with Crippen LogP contribution >= 0.6 is 0 Å². The molecule has 146 valence electrons. The molecule has 0 spiro atoms. The van der Waals surface area contributed by atoms with Crippen molar-refractivity contribution in [3.05, 3.63) is 87.3 Å². The summed E-state index contributed by atoms with van der Waals surface area (Å²) >= 11 is 0. The van der Waals surface area contributed by atoms with Gasteiger partial charge in [-0.15, -0.1) is 0 Å². The van der Waals surface area contributed by atoms with Crippen LogP contribution in [0.3, 0.4) is 0 Å². The van der Waals surface area contributed by atoms with Crippen LogP contribution in [-0.4, -0.2) is 27.7 Å². The summed E-state index contributed by atoms with van der Waals surface area (Å²) in [5.41, 5.74) is 6.31. The average molecular weight is 386 g/mol. The molecule has 1 atom stereocenters. The second kappa shape index (κ2) is 7.20. The number of aryl methyl sites for hydroxylation is 1. The van der Waals surface area contributed by atoms with Crippen LogP contribution in [-0.2, 0) is 19.4 Å². The van der Waals surface area contributed by atoms with Crippen molar-refractivity contribution in [2.45, 2.75) is 31.8 Å². The van der Waals surface area contributed by atoms with Crippen molar-refractivity contribution in [1.29, 1.82) is 0 Å². The number of rotatable bonds is 2. The minimum Gasteiger partial charge on any atom is -0.331 e. The molecule has 2 aliphatic rings. The number of nitrogens with zero attached hydrogens (tertiary/aromatic N) is 2. The van der Waals surface area contributed by atoms with E-state index in [0.29, 0.717) is 19.5 Å². The zero-order valence-electron chi connectivity index (χ0n) is 16.0. The summed E-state index contributed by atoms with van der Waals surface area (Å²) in [6.45, 7) is 1.02. The van der Waals surface area contributed by atoms with E-state index in [-0.39, 0.29) is 17.6 Å². The first kappa shape index (κ1) is 17.7. The van der Waals surface area contributed by atoms with E-state index in [1.165, 1.54) is 22.3 Å². The summed E-state index contributed by atoms with van der Waals surface area (Å²) in [4.78, 5) is 26.2. The lowest BCUT2D eigenvalue weighted by atomic mass is 9.99. The fourth-order valence-corrected chi connectivity index (χ4v) is 4.32. The maximum absolute atomic E-state index is 12.9. The Morgan fingerprint density at radius 3 is 2.76 bits per heavy atom. The third-order valence-corrected chi connectivity index (χ3v) is 5.87. The van der Waals surface area contributed by atoms with E-state index in [4.69, 9.17) is 0 Å². The molecule has 0 saturated heterocycles. The highest BCUT2D eigenvalue weighted by molar-refractivity contribution is 5.75. The second-order valence-corrected chi connectivity index (χ2v) is 7.70. The zero-order chi connectivity index (χ0) is 19.8. The molecule has 0 radical (unpaired) electrons. The SMILES string of the molecule is O=C(NC1CCc2ccc(-c3ccccc3)cc21)N1CCc2n[nH]c(=O)cc2C1. The third-order valence-electron chi connectivity index (χ3n) is 5.87. The topological polar surface area (TPSA) is 78.1 Å². The molecule has 0 saturated carbocycles. The number of H-pyrrole nitrogens is 1. The summed E-state index contributed by atoms with van der Waals surface area (Å²) in [6, 6.07) is 18.3. The lowest BCUT2D eigenvalue weighted by molar-refractivity contribution is 0.187. The molecule has 2 N–H and O–H groups in total. The molecule has 0 bridgehead atoms. The van der Waals surface area contributed by atoms with Gasteiger partial charge in [0.2, 0.25) is 0 Å².